The zero-order chi connectivity index (χ0) is 13.9. The first-order valence-corrected chi connectivity index (χ1v) is 6.95. The van der Waals surface area contributed by atoms with Crippen LogP contribution < -0.4 is 16.6 Å². The van der Waals surface area contributed by atoms with E-state index >= 15 is 0 Å². The number of hydrogen-bond donors (Lipinski definition) is 3. The lowest BCUT2D eigenvalue weighted by Gasteiger charge is -2.26. The molecule has 0 radical (unpaired) electrons. The fourth-order valence-corrected chi connectivity index (χ4v) is 2.58. The summed E-state index contributed by atoms with van der Waals surface area (Å²) in [7, 11) is 0. The molecule has 0 fully saturated rings. The number of hydrogen-bond acceptors (Lipinski definition) is 7. The van der Waals surface area contributed by atoms with Gasteiger partial charge in [0, 0.05) is 17.1 Å². The Balaban J connectivity index is 2.33. The first-order chi connectivity index (χ1) is 9.08. The summed E-state index contributed by atoms with van der Waals surface area (Å²) in [5, 5.41) is 6.39. The van der Waals surface area contributed by atoms with Gasteiger partial charge in [-0.25, -0.2) is 20.8 Å². The lowest BCUT2D eigenvalue weighted by molar-refractivity contribution is 0.599. The number of nitrogens with two attached hydrogens (primary N) is 1. The maximum atomic E-state index is 5.48. The Hall–Kier alpha value is -1.73. The summed E-state index contributed by atoms with van der Waals surface area (Å²) in [6, 6.07) is 0. The van der Waals surface area contributed by atoms with Crippen LogP contribution in [0.1, 0.15) is 31.3 Å². The van der Waals surface area contributed by atoms with E-state index in [9.17, 15) is 0 Å². The van der Waals surface area contributed by atoms with E-state index in [0.29, 0.717) is 5.82 Å². The van der Waals surface area contributed by atoms with Crippen molar-refractivity contribution in [2.24, 2.45) is 5.84 Å². The predicted octanol–water partition coefficient (Wildman–Crippen LogP) is 2.13. The minimum atomic E-state index is -0.293. The van der Waals surface area contributed by atoms with Gasteiger partial charge in [0.25, 0.3) is 0 Å². The molecule has 0 saturated carbocycles. The average Bonchev–Trinajstić information content (AvgIpc) is 2.92. The molecule has 2 aromatic heterocycles. The van der Waals surface area contributed by atoms with Crippen molar-refractivity contribution in [3.63, 3.8) is 0 Å². The van der Waals surface area contributed by atoms with Crippen molar-refractivity contribution in [2.45, 2.75) is 32.7 Å². The lowest BCUT2D eigenvalue weighted by atomic mass is 10.1. The van der Waals surface area contributed by atoms with E-state index in [1.54, 1.807) is 17.5 Å². The molecule has 0 unspecified atom stereocenters. The molecule has 6 nitrogen and oxygen atoms in total. The quantitative estimate of drug-likeness (QED) is 0.573. The second-order valence-corrected chi connectivity index (χ2v) is 5.53. The second kappa shape index (κ2) is 5.50. The van der Waals surface area contributed by atoms with Gasteiger partial charge in [-0.1, -0.05) is 6.92 Å². The van der Waals surface area contributed by atoms with Gasteiger partial charge in [0.05, 0.1) is 5.54 Å². The molecule has 0 bridgehead atoms. The van der Waals surface area contributed by atoms with Gasteiger partial charge in [-0.15, -0.1) is 11.3 Å². The van der Waals surface area contributed by atoms with Crippen molar-refractivity contribution in [1.82, 2.24) is 15.0 Å². The number of nitrogens with zero attached hydrogens (tertiary/aromatic N) is 3. The Morgan fingerprint density at radius 2 is 2.00 bits per heavy atom. The molecule has 2 rings (SSSR count). The zero-order valence-electron chi connectivity index (χ0n) is 11.3. The molecular weight excluding hydrogens is 260 g/mol. The maximum absolute atomic E-state index is 5.48. The van der Waals surface area contributed by atoms with E-state index in [-0.39, 0.29) is 5.54 Å². The highest BCUT2D eigenvalue weighted by Crippen LogP contribution is 2.29. The molecule has 4 N–H and O–H groups in total. The molecule has 19 heavy (non-hydrogen) atoms. The maximum Gasteiger partial charge on any atom is 0.148 e. The summed E-state index contributed by atoms with van der Waals surface area (Å²) in [6.07, 6.45) is 4.09. The molecule has 0 aromatic carbocycles. The van der Waals surface area contributed by atoms with Crippen LogP contribution in [0.15, 0.2) is 17.9 Å². The van der Waals surface area contributed by atoms with Crippen LogP contribution >= 0.6 is 11.3 Å². The summed E-state index contributed by atoms with van der Waals surface area (Å²) >= 11 is 1.62. The topological polar surface area (TPSA) is 88.8 Å². The summed E-state index contributed by atoms with van der Waals surface area (Å²) < 4.78 is 0. The molecule has 0 aliphatic rings. The number of anilines is 2. The average molecular weight is 278 g/mol. The minimum absolute atomic E-state index is 0.293. The van der Waals surface area contributed by atoms with Crippen LogP contribution in [0, 0.1) is 0 Å². The molecule has 7 heteroatoms. The standard InChI is InChI=1S/C12H18N6S/c1-4-8-9(15-7-16-10(8)18-13)17-12(2,3)11-14-5-6-19-11/h5-7H,4,13H2,1-3H3,(H2,15,16,17,18). The van der Waals surface area contributed by atoms with Crippen molar-refractivity contribution >= 4 is 23.0 Å². The highest BCUT2D eigenvalue weighted by molar-refractivity contribution is 7.09. The molecule has 0 atom stereocenters. The summed E-state index contributed by atoms with van der Waals surface area (Å²) in [4.78, 5) is 12.8. The monoisotopic (exact) mass is 278 g/mol. The number of thiazole rings is 1. The molecule has 0 spiro atoms. The van der Waals surface area contributed by atoms with Crippen molar-refractivity contribution in [1.29, 1.82) is 0 Å². The first kappa shape index (κ1) is 13.7. The van der Waals surface area contributed by atoms with E-state index in [1.807, 2.05) is 12.3 Å². The molecule has 0 amide bonds. The van der Waals surface area contributed by atoms with Crippen LogP contribution in [-0.2, 0) is 12.0 Å². The highest BCUT2D eigenvalue weighted by atomic mass is 32.1. The predicted molar refractivity (Wildman–Crippen MR) is 78.0 cm³/mol. The second-order valence-electron chi connectivity index (χ2n) is 4.63. The molecular formula is C12H18N6S. The van der Waals surface area contributed by atoms with Gasteiger partial charge >= 0.3 is 0 Å². The Bertz CT molecular complexity index is 537. The normalized spacial score (nSPS) is 11.4. The summed E-state index contributed by atoms with van der Waals surface area (Å²) in [5.41, 5.74) is 3.28. The molecule has 0 saturated heterocycles. The van der Waals surface area contributed by atoms with Crippen LogP contribution in [0.2, 0.25) is 0 Å². The van der Waals surface area contributed by atoms with E-state index in [2.05, 4.69) is 39.5 Å². The van der Waals surface area contributed by atoms with Crippen molar-refractivity contribution < 1.29 is 0 Å². The smallest absolute Gasteiger partial charge is 0.148 e. The summed E-state index contributed by atoms with van der Waals surface area (Å²) in [5.74, 6) is 6.91. The van der Waals surface area contributed by atoms with Crippen LogP contribution in [0.3, 0.4) is 0 Å². The van der Waals surface area contributed by atoms with E-state index in [4.69, 9.17) is 5.84 Å². The van der Waals surface area contributed by atoms with Gasteiger partial charge in [0.1, 0.15) is 23.0 Å². The van der Waals surface area contributed by atoms with Gasteiger partial charge in [-0.3, -0.25) is 0 Å². The summed E-state index contributed by atoms with van der Waals surface area (Å²) in [6.45, 7) is 6.19. The third-order valence-electron chi connectivity index (χ3n) is 2.83. The van der Waals surface area contributed by atoms with Crippen LogP contribution in [-0.4, -0.2) is 15.0 Å². The number of aromatic nitrogens is 3. The van der Waals surface area contributed by atoms with Crippen molar-refractivity contribution in [2.75, 3.05) is 10.7 Å². The Labute approximate surface area is 116 Å². The van der Waals surface area contributed by atoms with Crippen LogP contribution in [0.25, 0.3) is 0 Å². The van der Waals surface area contributed by atoms with E-state index in [0.717, 1.165) is 22.8 Å². The number of hydrazine groups is 1. The van der Waals surface area contributed by atoms with E-state index in [1.165, 1.54) is 6.33 Å². The third kappa shape index (κ3) is 2.82. The fourth-order valence-electron chi connectivity index (χ4n) is 1.86. The van der Waals surface area contributed by atoms with Gasteiger partial charge in [0.15, 0.2) is 0 Å². The number of rotatable bonds is 5. The minimum Gasteiger partial charge on any atom is -0.358 e. The number of nitrogen functional groups attached to an aromatic ring is 1. The fraction of sp³-hybridized carbons (Fsp3) is 0.417. The lowest BCUT2D eigenvalue weighted by Crippen LogP contribution is -2.29. The molecule has 102 valence electrons. The van der Waals surface area contributed by atoms with Gasteiger partial charge < -0.3 is 10.7 Å². The van der Waals surface area contributed by atoms with E-state index < -0.39 is 0 Å². The molecule has 0 aliphatic carbocycles. The number of nitrogens with one attached hydrogen (secondary N) is 2. The zero-order valence-corrected chi connectivity index (χ0v) is 12.1. The molecule has 2 heterocycles. The molecule has 0 aliphatic heterocycles. The SMILES string of the molecule is CCc1c(NN)ncnc1NC(C)(C)c1nccs1. The first-order valence-electron chi connectivity index (χ1n) is 6.07. The largest absolute Gasteiger partial charge is 0.358 e. The highest BCUT2D eigenvalue weighted by Gasteiger charge is 2.25. The van der Waals surface area contributed by atoms with Crippen molar-refractivity contribution in [3.8, 4) is 0 Å². The Kier molecular flexibility index (Phi) is 3.96. The van der Waals surface area contributed by atoms with Crippen LogP contribution in [0.4, 0.5) is 11.6 Å². The van der Waals surface area contributed by atoms with Crippen molar-refractivity contribution in [3.05, 3.63) is 28.5 Å². The molecule has 2 aromatic rings. The van der Waals surface area contributed by atoms with Gasteiger partial charge in [0.2, 0.25) is 0 Å². The Morgan fingerprint density at radius 1 is 1.26 bits per heavy atom. The Morgan fingerprint density at radius 3 is 2.58 bits per heavy atom. The van der Waals surface area contributed by atoms with Crippen LogP contribution in [0.5, 0.6) is 0 Å². The third-order valence-corrected chi connectivity index (χ3v) is 3.93. The van der Waals surface area contributed by atoms with Gasteiger partial charge in [-0.2, -0.15) is 0 Å². The van der Waals surface area contributed by atoms with Gasteiger partial charge in [-0.05, 0) is 20.3 Å².